The standard InChI is InChI=1S/C13H10FN3O3/c1-2-9-15-10(20-16-9)6-17-11-7(12(18)13(17)19)4-3-5-8(11)14/h3-5H,2,6H2,1H3. The Morgan fingerprint density at radius 2 is 2.15 bits per heavy atom. The number of hydrogen-bond acceptors (Lipinski definition) is 5. The van der Waals surface area contributed by atoms with Gasteiger partial charge in [-0.15, -0.1) is 0 Å². The second kappa shape index (κ2) is 4.52. The number of rotatable bonds is 3. The van der Waals surface area contributed by atoms with Gasteiger partial charge in [-0.1, -0.05) is 18.1 Å². The monoisotopic (exact) mass is 275 g/mol. The summed E-state index contributed by atoms with van der Waals surface area (Å²) in [6.45, 7) is 1.74. The van der Waals surface area contributed by atoms with E-state index in [1.807, 2.05) is 6.92 Å². The van der Waals surface area contributed by atoms with E-state index in [-0.39, 0.29) is 23.7 Å². The molecular formula is C13H10FN3O3. The second-order valence-corrected chi connectivity index (χ2v) is 4.31. The van der Waals surface area contributed by atoms with E-state index in [1.165, 1.54) is 18.2 Å². The van der Waals surface area contributed by atoms with E-state index in [2.05, 4.69) is 10.1 Å². The molecule has 0 spiro atoms. The summed E-state index contributed by atoms with van der Waals surface area (Å²) in [6, 6.07) is 4.01. The summed E-state index contributed by atoms with van der Waals surface area (Å²) in [5.74, 6) is -1.49. The maximum Gasteiger partial charge on any atom is 0.300 e. The Kier molecular flexibility index (Phi) is 2.81. The first-order valence-corrected chi connectivity index (χ1v) is 6.08. The molecule has 102 valence electrons. The molecule has 0 saturated carbocycles. The lowest BCUT2D eigenvalue weighted by Gasteiger charge is -2.14. The van der Waals surface area contributed by atoms with Gasteiger partial charge in [-0.2, -0.15) is 4.98 Å². The molecule has 0 saturated heterocycles. The minimum atomic E-state index is -0.790. The average Bonchev–Trinajstić information content (AvgIpc) is 2.99. The van der Waals surface area contributed by atoms with Gasteiger partial charge in [0.15, 0.2) is 5.82 Å². The third kappa shape index (κ3) is 1.78. The zero-order valence-electron chi connectivity index (χ0n) is 10.6. The van der Waals surface area contributed by atoms with E-state index in [0.717, 1.165) is 4.90 Å². The molecule has 1 amide bonds. The molecule has 0 aliphatic carbocycles. The van der Waals surface area contributed by atoms with Crippen molar-refractivity contribution < 1.29 is 18.5 Å². The molecule has 1 aliphatic heterocycles. The van der Waals surface area contributed by atoms with E-state index >= 15 is 0 Å². The first kappa shape index (κ1) is 12.5. The number of ketones is 1. The molecule has 0 radical (unpaired) electrons. The number of nitrogens with zero attached hydrogens (tertiary/aromatic N) is 3. The van der Waals surface area contributed by atoms with Crippen molar-refractivity contribution in [3.63, 3.8) is 0 Å². The van der Waals surface area contributed by atoms with Gasteiger partial charge in [0.1, 0.15) is 12.4 Å². The highest BCUT2D eigenvalue weighted by atomic mass is 19.1. The van der Waals surface area contributed by atoms with Crippen molar-refractivity contribution >= 4 is 17.4 Å². The topological polar surface area (TPSA) is 76.3 Å². The van der Waals surface area contributed by atoms with Crippen LogP contribution in [-0.2, 0) is 17.8 Å². The maximum atomic E-state index is 13.8. The fraction of sp³-hybridized carbons (Fsp3) is 0.231. The summed E-state index contributed by atoms with van der Waals surface area (Å²) in [5, 5.41) is 3.70. The fourth-order valence-corrected chi connectivity index (χ4v) is 2.10. The Bertz CT molecular complexity index is 711. The molecular weight excluding hydrogens is 265 g/mol. The number of hydrogen-bond donors (Lipinski definition) is 0. The fourth-order valence-electron chi connectivity index (χ4n) is 2.10. The van der Waals surface area contributed by atoms with Gasteiger partial charge in [-0.25, -0.2) is 4.39 Å². The second-order valence-electron chi connectivity index (χ2n) is 4.31. The molecule has 2 aromatic rings. The highest BCUT2D eigenvalue weighted by Crippen LogP contribution is 2.32. The average molecular weight is 275 g/mol. The van der Waals surface area contributed by atoms with Crippen LogP contribution in [0.3, 0.4) is 0 Å². The third-order valence-corrected chi connectivity index (χ3v) is 3.06. The number of carbonyl (C=O) groups is 2. The van der Waals surface area contributed by atoms with Crippen molar-refractivity contribution in [3.05, 3.63) is 41.3 Å². The number of benzene rings is 1. The van der Waals surface area contributed by atoms with Gasteiger partial charge < -0.3 is 4.52 Å². The lowest BCUT2D eigenvalue weighted by Crippen LogP contribution is -2.29. The summed E-state index contributed by atoms with van der Waals surface area (Å²) in [6.07, 6.45) is 0.585. The molecule has 0 bridgehead atoms. The van der Waals surface area contributed by atoms with Gasteiger partial charge in [0.05, 0.1) is 11.3 Å². The smallest absolute Gasteiger partial charge is 0.300 e. The minimum Gasteiger partial charge on any atom is -0.337 e. The Morgan fingerprint density at radius 1 is 1.35 bits per heavy atom. The molecule has 3 rings (SSSR count). The zero-order chi connectivity index (χ0) is 14.3. The van der Waals surface area contributed by atoms with Crippen LogP contribution in [-0.4, -0.2) is 21.8 Å². The SMILES string of the molecule is CCc1noc(CN2C(=O)C(=O)c3cccc(F)c32)n1. The van der Waals surface area contributed by atoms with Crippen molar-refractivity contribution in [2.45, 2.75) is 19.9 Å². The van der Waals surface area contributed by atoms with Gasteiger partial charge in [0.25, 0.3) is 11.7 Å². The van der Waals surface area contributed by atoms with E-state index in [0.29, 0.717) is 12.2 Å². The molecule has 0 fully saturated rings. The Labute approximate surface area is 113 Å². The zero-order valence-corrected chi connectivity index (χ0v) is 10.6. The van der Waals surface area contributed by atoms with Crippen LogP contribution in [0.15, 0.2) is 22.7 Å². The highest BCUT2D eigenvalue weighted by molar-refractivity contribution is 6.52. The summed E-state index contributed by atoms with van der Waals surface area (Å²) in [4.78, 5) is 28.8. The van der Waals surface area contributed by atoms with Gasteiger partial charge in [-0.3, -0.25) is 14.5 Å². The lowest BCUT2D eigenvalue weighted by atomic mass is 10.1. The van der Waals surface area contributed by atoms with Crippen LogP contribution in [0.4, 0.5) is 10.1 Å². The van der Waals surface area contributed by atoms with E-state index in [9.17, 15) is 14.0 Å². The molecule has 0 atom stereocenters. The Morgan fingerprint density at radius 3 is 2.85 bits per heavy atom. The number of Topliss-reactive ketones (excluding diaryl/α,β-unsaturated/α-hetero) is 1. The van der Waals surface area contributed by atoms with Crippen molar-refractivity contribution in [2.75, 3.05) is 4.90 Å². The number of amides is 1. The summed E-state index contributed by atoms with van der Waals surface area (Å²) < 4.78 is 18.8. The first-order valence-electron chi connectivity index (χ1n) is 6.08. The van der Waals surface area contributed by atoms with Gasteiger partial charge in [-0.05, 0) is 12.1 Å². The van der Waals surface area contributed by atoms with E-state index in [1.54, 1.807) is 0 Å². The van der Waals surface area contributed by atoms with Crippen LogP contribution in [0.1, 0.15) is 29.0 Å². The van der Waals surface area contributed by atoms with Crippen molar-refractivity contribution in [2.24, 2.45) is 0 Å². The molecule has 1 aliphatic rings. The number of anilines is 1. The maximum absolute atomic E-state index is 13.8. The van der Waals surface area contributed by atoms with Gasteiger partial charge in [0, 0.05) is 6.42 Å². The molecule has 1 aromatic carbocycles. The van der Waals surface area contributed by atoms with Crippen LogP contribution in [0.2, 0.25) is 0 Å². The number of para-hydroxylation sites is 1. The number of halogens is 1. The van der Waals surface area contributed by atoms with Gasteiger partial charge >= 0.3 is 0 Å². The number of aryl methyl sites for hydroxylation is 1. The molecule has 0 N–H and O–H groups in total. The highest BCUT2D eigenvalue weighted by Gasteiger charge is 2.38. The largest absolute Gasteiger partial charge is 0.337 e. The van der Waals surface area contributed by atoms with Crippen molar-refractivity contribution in [3.8, 4) is 0 Å². The minimum absolute atomic E-state index is 0.0289. The van der Waals surface area contributed by atoms with Crippen LogP contribution in [0.25, 0.3) is 0 Å². The molecule has 0 unspecified atom stereocenters. The summed E-state index contributed by atoms with van der Waals surface area (Å²) in [7, 11) is 0. The van der Waals surface area contributed by atoms with Crippen molar-refractivity contribution in [1.82, 2.24) is 10.1 Å². The quantitative estimate of drug-likeness (QED) is 0.793. The van der Waals surface area contributed by atoms with E-state index < -0.39 is 17.5 Å². The van der Waals surface area contributed by atoms with Gasteiger partial charge in [0.2, 0.25) is 5.89 Å². The van der Waals surface area contributed by atoms with Crippen LogP contribution < -0.4 is 4.90 Å². The lowest BCUT2D eigenvalue weighted by molar-refractivity contribution is -0.114. The van der Waals surface area contributed by atoms with Crippen LogP contribution in [0, 0.1) is 5.82 Å². The van der Waals surface area contributed by atoms with Crippen LogP contribution >= 0.6 is 0 Å². The molecule has 6 nitrogen and oxygen atoms in total. The van der Waals surface area contributed by atoms with Crippen molar-refractivity contribution in [1.29, 1.82) is 0 Å². The molecule has 2 heterocycles. The molecule has 1 aromatic heterocycles. The normalized spacial score (nSPS) is 14.0. The predicted octanol–water partition coefficient (Wildman–Crippen LogP) is 1.50. The van der Waals surface area contributed by atoms with Crippen LogP contribution in [0.5, 0.6) is 0 Å². The predicted molar refractivity (Wildman–Crippen MR) is 65.6 cm³/mol. The molecule has 7 heteroatoms. The number of aromatic nitrogens is 2. The third-order valence-electron chi connectivity index (χ3n) is 3.06. The van der Waals surface area contributed by atoms with E-state index in [4.69, 9.17) is 4.52 Å². The number of carbonyl (C=O) groups excluding carboxylic acids is 2. The number of fused-ring (bicyclic) bond motifs is 1. The Balaban J connectivity index is 1.98. The Hall–Kier alpha value is -2.57. The summed E-state index contributed by atoms with van der Waals surface area (Å²) >= 11 is 0. The first-order chi connectivity index (χ1) is 9.61. The summed E-state index contributed by atoms with van der Waals surface area (Å²) in [5.41, 5.74) is 0.0315. The molecule has 20 heavy (non-hydrogen) atoms.